The quantitative estimate of drug-likeness (QED) is 0.790. The number of aliphatic hydroxyl groups excluding tert-OH is 1. The fourth-order valence-corrected chi connectivity index (χ4v) is 2.74. The normalized spacial score (nSPS) is 13.0. The third-order valence-electron chi connectivity index (χ3n) is 2.54. The van der Waals surface area contributed by atoms with Crippen LogP contribution in [-0.4, -0.2) is 33.5 Å². The molecular weight excluding hydrogens is 248 g/mol. The summed E-state index contributed by atoms with van der Waals surface area (Å²) in [5.74, 6) is 3.07. The van der Waals surface area contributed by atoms with E-state index in [0.717, 1.165) is 24.4 Å². The van der Waals surface area contributed by atoms with Gasteiger partial charge in [-0.3, -0.25) is 4.68 Å². The van der Waals surface area contributed by atoms with Gasteiger partial charge in [0.1, 0.15) is 11.8 Å². The average Bonchev–Trinajstić information content (AvgIpc) is 2.72. The molecule has 0 aliphatic rings. The van der Waals surface area contributed by atoms with Gasteiger partial charge in [0.05, 0.1) is 13.3 Å². The summed E-state index contributed by atoms with van der Waals surface area (Å²) in [5.41, 5.74) is 0.801. The molecule has 104 valence electrons. The van der Waals surface area contributed by atoms with Gasteiger partial charge in [0, 0.05) is 12.3 Å². The van der Waals surface area contributed by atoms with Crippen molar-refractivity contribution in [3.63, 3.8) is 0 Å². The molecule has 5 heteroatoms. The Morgan fingerprint density at radius 2 is 2.17 bits per heavy atom. The molecule has 18 heavy (non-hydrogen) atoms. The van der Waals surface area contributed by atoms with Crippen LogP contribution in [0.5, 0.6) is 5.75 Å². The Bertz CT molecular complexity index is 353. The molecule has 0 aliphatic heterocycles. The molecule has 1 aromatic rings. The Labute approximate surface area is 114 Å². The predicted octanol–water partition coefficient (Wildman–Crippen LogP) is 2.72. The van der Waals surface area contributed by atoms with E-state index >= 15 is 0 Å². The molecule has 1 N–H and O–H groups in total. The summed E-state index contributed by atoms with van der Waals surface area (Å²) in [6, 6.07) is 0. The number of hydrogen-bond acceptors (Lipinski definition) is 4. The van der Waals surface area contributed by atoms with Crippen LogP contribution in [0.25, 0.3) is 0 Å². The number of aromatic nitrogens is 2. The minimum Gasteiger partial charge on any atom is -0.493 e. The van der Waals surface area contributed by atoms with Crippen molar-refractivity contribution in [3.05, 3.63) is 11.9 Å². The maximum atomic E-state index is 10.3. The van der Waals surface area contributed by atoms with Crippen LogP contribution >= 0.6 is 11.8 Å². The molecule has 0 spiro atoms. The summed E-state index contributed by atoms with van der Waals surface area (Å²) in [4.78, 5) is 0. The molecule has 1 unspecified atom stereocenters. The summed E-state index contributed by atoms with van der Waals surface area (Å²) < 4.78 is 7.11. The van der Waals surface area contributed by atoms with Crippen molar-refractivity contribution in [1.29, 1.82) is 0 Å². The molecule has 0 aromatic carbocycles. The van der Waals surface area contributed by atoms with Crippen molar-refractivity contribution in [2.75, 3.05) is 18.6 Å². The first kappa shape index (κ1) is 15.4. The van der Waals surface area contributed by atoms with Crippen LogP contribution in [0.2, 0.25) is 0 Å². The molecule has 1 rings (SSSR count). The third-order valence-corrected chi connectivity index (χ3v) is 4.00. The molecule has 1 aromatic heterocycles. The molecular formula is C13H24N2O2S. The van der Waals surface area contributed by atoms with Gasteiger partial charge in [-0.2, -0.15) is 16.9 Å². The largest absolute Gasteiger partial charge is 0.493 e. The number of aliphatic hydroxyl groups is 1. The van der Waals surface area contributed by atoms with Crippen molar-refractivity contribution in [2.45, 2.75) is 39.8 Å². The molecule has 0 saturated carbocycles. The predicted molar refractivity (Wildman–Crippen MR) is 76.2 cm³/mol. The van der Waals surface area contributed by atoms with E-state index in [9.17, 15) is 5.11 Å². The molecule has 0 fully saturated rings. The zero-order valence-electron chi connectivity index (χ0n) is 11.7. The van der Waals surface area contributed by atoms with Gasteiger partial charge in [-0.05, 0) is 18.1 Å². The molecule has 1 atom stereocenters. The second-order valence-electron chi connectivity index (χ2n) is 4.77. The lowest BCUT2D eigenvalue weighted by molar-refractivity contribution is 0.186. The van der Waals surface area contributed by atoms with Crippen LogP contribution < -0.4 is 4.74 Å². The summed E-state index contributed by atoms with van der Waals surface area (Å²) in [5, 5.41) is 14.5. The topological polar surface area (TPSA) is 47.3 Å². The Morgan fingerprint density at radius 1 is 1.44 bits per heavy atom. The Hall–Kier alpha value is -0.680. The van der Waals surface area contributed by atoms with Gasteiger partial charge in [0.2, 0.25) is 0 Å². The zero-order valence-corrected chi connectivity index (χ0v) is 12.5. The summed E-state index contributed by atoms with van der Waals surface area (Å²) in [6.07, 6.45) is 2.16. The highest BCUT2D eigenvalue weighted by Gasteiger charge is 2.19. The first-order chi connectivity index (χ1) is 8.60. The van der Waals surface area contributed by atoms with Crippen molar-refractivity contribution in [2.24, 2.45) is 5.92 Å². The Balaban J connectivity index is 2.69. The molecule has 0 aliphatic carbocycles. The summed E-state index contributed by atoms with van der Waals surface area (Å²) in [6.45, 7) is 7.27. The van der Waals surface area contributed by atoms with Crippen molar-refractivity contribution < 1.29 is 9.84 Å². The molecule has 1 heterocycles. The molecule has 0 amide bonds. The highest BCUT2D eigenvalue weighted by Crippen LogP contribution is 2.28. The SMILES string of the molecule is CCCn1ncc(OC)c1C(O)CSCC(C)C. The summed E-state index contributed by atoms with van der Waals surface area (Å²) in [7, 11) is 1.62. The van der Waals surface area contributed by atoms with Crippen LogP contribution in [0.4, 0.5) is 0 Å². The van der Waals surface area contributed by atoms with Gasteiger partial charge in [-0.1, -0.05) is 20.8 Å². The van der Waals surface area contributed by atoms with Gasteiger partial charge < -0.3 is 9.84 Å². The van der Waals surface area contributed by atoms with Crippen LogP contribution in [0.3, 0.4) is 0 Å². The van der Waals surface area contributed by atoms with Crippen LogP contribution in [0.1, 0.15) is 39.0 Å². The number of rotatable bonds is 8. The van der Waals surface area contributed by atoms with E-state index in [1.807, 2.05) is 4.68 Å². The number of methoxy groups -OCH3 is 1. The van der Waals surface area contributed by atoms with Gasteiger partial charge >= 0.3 is 0 Å². The standard InChI is InChI=1S/C13H24N2O2S/c1-5-6-15-13(12(17-4)7-14-15)11(16)9-18-8-10(2)3/h7,10-11,16H,5-6,8-9H2,1-4H3. The first-order valence-electron chi connectivity index (χ1n) is 6.45. The fourth-order valence-electron chi connectivity index (χ4n) is 1.76. The van der Waals surface area contributed by atoms with E-state index in [4.69, 9.17) is 4.74 Å². The van der Waals surface area contributed by atoms with Crippen LogP contribution in [0.15, 0.2) is 6.20 Å². The van der Waals surface area contributed by atoms with E-state index in [-0.39, 0.29) is 0 Å². The van der Waals surface area contributed by atoms with E-state index in [1.165, 1.54) is 0 Å². The van der Waals surface area contributed by atoms with Gasteiger partial charge in [-0.15, -0.1) is 0 Å². The monoisotopic (exact) mass is 272 g/mol. The number of aryl methyl sites for hydroxylation is 1. The second kappa shape index (κ2) is 7.69. The lowest BCUT2D eigenvalue weighted by Gasteiger charge is -2.15. The molecule has 4 nitrogen and oxygen atoms in total. The maximum Gasteiger partial charge on any atom is 0.162 e. The number of thioether (sulfide) groups is 1. The smallest absolute Gasteiger partial charge is 0.162 e. The van der Waals surface area contributed by atoms with Gasteiger partial charge in [0.15, 0.2) is 5.75 Å². The second-order valence-corrected chi connectivity index (χ2v) is 5.84. The van der Waals surface area contributed by atoms with Gasteiger partial charge in [0.25, 0.3) is 0 Å². The number of ether oxygens (including phenoxy) is 1. The number of nitrogens with zero attached hydrogens (tertiary/aromatic N) is 2. The minimum absolute atomic E-state index is 0.516. The molecule has 0 radical (unpaired) electrons. The van der Waals surface area contributed by atoms with E-state index in [0.29, 0.717) is 17.4 Å². The average molecular weight is 272 g/mol. The lowest BCUT2D eigenvalue weighted by Crippen LogP contribution is -2.12. The Morgan fingerprint density at radius 3 is 2.72 bits per heavy atom. The van der Waals surface area contributed by atoms with Crippen LogP contribution in [-0.2, 0) is 6.54 Å². The highest BCUT2D eigenvalue weighted by atomic mass is 32.2. The van der Waals surface area contributed by atoms with Gasteiger partial charge in [-0.25, -0.2) is 0 Å². The van der Waals surface area contributed by atoms with Crippen molar-refractivity contribution in [1.82, 2.24) is 9.78 Å². The maximum absolute atomic E-state index is 10.3. The molecule has 0 saturated heterocycles. The van der Waals surface area contributed by atoms with E-state index in [1.54, 1.807) is 25.1 Å². The van der Waals surface area contributed by atoms with E-state index < -0.39 is 6.10 Å². The fraction of sp³-hybridized carbons (Fsp3) is 0.769. The third kappa shape index (κ3) is 4.21. The number of hydrogen-bond donors (Lipinski definition) is 1. The zero-order chi connectivity index (χ0) is 13.5. The van der Waals surface area contributed by atoms with E-state index in [2.05, 4.69) is 25.9 Å². The van der Waals surface area contributed by atoms with Crippen LogP contribution in [0, 0.1) is 5.92 Å². The van der Waals surface area contributed by atoms with Crippen molar-refractivity contribution in [3.8, 4) is 5.75 Å². The summed E-state index contributed by atoms with van der Waals surface area (Å²) >= 11 is 1.77. The Kier molecular flexibility index (Phi) is 6.57. The lowest BCUT2D eigenvalue weighted by atomic mass is 10.2. The molecule has 0 bridgehead atoms. The minimum atomic E-state index is -0.516. The first-order valence-corrected chi connectivity index (χ1v) is 7.61. The van der Waals surface area contributed by atoms with Crippen molar-refractivity contribution >= 4 is 11.8 Å². The highest BCUT2D eigenvalue weighted by molar-refractivity contribution is 7.99.